The summed E-state index contributed by atoms with van der Waals surface area (Å²) in [5, 5.41) is 5.54. The number of nitrogens with one attached hydrogen (secondary N) is 2. The number of rotatable bonds is 4. The van der Waals surface area contributed by atoms with Crippen LogP contribution in [0.25, 0.3) is 0 Å². The molecule has 0 heterocycles. The molecular weight excluding hydrogens is 302 g/mol. The van der Waals surface area contributed by atoms with Gasteiger partial charge in [-0.3, -0.25) is 9.59 Å². The Balaban J connectivity index is 0.00000242. The van der Waals surface area contributed by atoms with Crippen molar-refractivity contribution < 1.29 is 9.59 Å². The molecular formula is C16H24ClN3O2. The first-order chi connectivity index (χ1) is 10.1. The van der Waals surface area contributed by atoms with Gasteiger partial charge in [0.05, 0.1) is 0 Å². The largest absolute Gasteiger partial charge is 0.355 e. The van der Waals surface area contributed by atoms with E-state index in [-0.39, 0.29) is 36.2 Å². The number of nitrogens with two attached hydrogens (primary N) is 1. The Morgan fingerprint density at radius 2 is 2.09 bits per heavy atom. The van der Waals surface area contributed by atoms with Gasteiger partial charge in [-0.2, -0.15) is 0 Å². The normalized spacial score (nSPS) is 20.6. The van der Waals surface area contributed by atoms with Crippen molar-refractivity contribution in [3.8, 4) is 0 Å². The number of benzene rings is 1. The van der Waals surface area contributed by atoms with Crippen molar-refractivity contribution in [2.24, 2.45) is 11.7 Å². The van der Waals surface area contributed by atoms with Gasteiger partial charge in [0.1, 0.15) is 0 Å². The summed E-state index contributed by atoms with van der Waals surface area (Å²) >= 11 is 0. The number of carbonyl (C=O) groups excluding carboxylic acids is 2. The van der Waals surface area contributed by atoms with Crippen molar-refractivity contribution in [3.63, 3.8) is 0 Å². The van der Waals surface area contributed by atoms with E-state index in [2.05, 4.69) is 10.6 Å². The van der Waals surface area contributed by atoms with Gasteiger partial charge in [-0.25, -0.2) is 0 Å². The van der Waals surface area contributed by atoms with Crippen molar-refractivity contribution in [1.29, 1.82) is 0 Å². The zero-order chi connectivity index (χ0) is 15.2. The number of carbonyl (C=O) groups is 2. The summed E-state index contributed by atoms with van der Waals surface area (Å²) in [5.41, 5.74) is 7.44. The lowest BCUT2D eigenvalue weighted by Gasteiger charge is -2.25. The molecule has 2 amide bonds. The van der Waals surface area contributed by atoms with Crippen LogP contribution in [0, 0.1) is 5.92 Å². The highest BCUT2D eigenvalue weighted by atomic mass is 35.5. The van der Waals surface area contributed by atoms with Crippen LogP contribution < -0.4 is 16.4 Å². The minimum Gasteiger partial charge on any atom is -0.355 e. The molecule has 4 N–H and O–H groups in total. The summed E-state index contributed by atoms with van der Waals surface area (Å²) in [6, 6.07) is 7.42. The predicted octanol–water partition coefficient (Wildman–Crippen LogP) is 1.60. The highest BCUT2D eigenvalue weighted by molar-refractivity contribution is 5.94. The number of amides is 2. The van der Waals surface area contributed by atoms with Crippen molar-refractivity contribution in [1.82, 2.24) is 10.6 Å². The van der Waals surface area contributed by atoms with Gasteiger partial charge in [0.15, 0.2) is 0 Å². The Labute approximate surface area is 137 Å². The highest BCUT2D eigenvalue weighted by Gasteiger charge is 2.24. The van der Waals surface area contributed by atoms with E-state index in [4.69, 9.17) is 5.73 Å². The topological polar surface area (TPSA) is 84.2 Å². The molecule has 1 aliphatic rings. The summed E-state index contributed by atoms with van der Waals surface area (Å²) in [6.45, 7) is 0.440. The quantitative estimate of drug-likeness (QED) is 0.786. The van der Waals surface area contributed by atoms with Crippen LogP contribution in [-0.2, 0) is 11.3 Å². The SMILES string of the molecule is CNC(=O)c1cccc(CNC(=O)C2CCCC(N)C2)c1.Cl. The summed E-state index contributed by atoms with van der Waals surface area (Å²) in [7, 11) is 1.60. The third-order valence-electron chi connectivity index (χ3n) is 3.97. The fourth-order valence-electron chi connectivity index (χ4n) is 2.77. The zero-order valence-corrected chi connectivity index (χ0v) is 13.6. The molecule has 0 aromatic heterocycles. The molecule has 5 nitrogen and oxygen atoms in total. The Morgan fingerprint density at radius 3 is 2.77 bits per heavy atom. The van der Waals surface area contributed by atoms with E-state index in [1.807, 2.05) is 12.1 Å². The van der Waals surface area contributed by atoms with Crippen LogP contribution >= 0.6 is 12.4 Å². The number of halogens is 1. The van der Waals surface area contributed by atoms with Gasteiger partial charge in [0.2, 0.25) is 5.91 Å². The summed E-state index contributed by atoms with van der Waals surface area (Å²) < 4.78 is 0. The second kappa shape index (κ2) is 8.76. The molecule has 1 saturated carbocycles. The molecule has 0 radical (unpaired) electrons. The average Bonchev–Trinajstić information content (AvgIpc) is 2.52. The molecule has 122 valence electrons. The average molecular weight is 326 g/mol. The zero-order valence-electron chi connectivity index (χ0n) is 12.8. The Bertz CT molecular complexity index is 522. The van der Waals surface area contributed by atoms with Gasteiger partial charge in [0, 0.05) is 31.1 Å². The van der Waals surface area contributed by atoms with Crippen LogP contribution in [-0.4, -0.2) is 24.9 Å². The van der Waals surface area contributed by atoms with Crippen LogP contribution in [0.3, 0.4) is 0 Å². The summed E-state index contributed by atoms with van der Waals surface area (Å²) in [5.74, 6) is -0.0344. The first-order valence-corrected chi connectivity index (χ1v) is 7.44. The Morgan fingerprint density at radius 1 is 1.32 bits per heavy atom. The predicted molar refractivity (Wildman–Crippen MR) is 88.9 cm³/mol. The fraction of sp³-hybridized carbons (Fsp3) is 0.500. The molecule has 1 fully saturated rings. The number of hydrogen-bond acceptors (Lipinski definition) is 3. The maximum absolute atomic E-state index is 12.1. The fourth-order valence-corrected chi connectivity index (χ4v) is 2.77. The van der Waals surface area contributed by atoms with Gasteiger partial charge >= 0.3 is 0 Å². The molecule has 1 aromatic carbocycles. The van der Waals surface area contributed by atoms with Crippen LogP contribution in [0.5, 0.6) is 0 Å². The van der Waals surface area contributed by atoms with E-state index in [0.29, 0.717) is 12.1 Å². The van der Waals surface area contributed by atoms with E-state index >= 15 is 0 Å². The molecule has 0 aliphatic heterocycles. The molecule has 1 aromatic rings. The second-order valence-electron chi connectivity index (χ2n) is 5.62. The van der Waals surface area contributed by atoms with Gasteiger partial charge in [0.25, 0.3) is 5.91 Å². The monoisotopic (exact) mass is 325 g/mol. The standard InChI is InChI=1S/C16H23N3O2.ClH/c1-18-15(20)12-5-2-4-11(8-12)10-19-16(21)13-6-3-7-14(17)9-13;/h2,4-5,8,13-14H,3,6-7,9-10,17H2,1H3,(H,18,20)(H,19,21);1H. The van der Waals surface area contributed by atoms with E-state index in [9.17, 15) is 9.59 Å². The van der Waals surface area contributed by atoms with E-state index in [1.165, 1.54) is 0 Å². The smallest absolute Gasteiger partial charge is 0.251 e. The van der Waals surface area contributed by atoms with Gasteiger partial charge in [-0.15, -0.1) is 12.4 Å². The van der Waals surface area contributed by atoms with E-state index in [0.717, 1.165) is 31.2 Å². The minimum atomic E-state index is -0.124. The third-order valence-corrected chi connectivity index (χ3v) is 3.97. The lowest BCUT2D eigenvalue weighted by Crippen LogP contribution is -2.37. The van der Waals surface area contributed by atoms with Gasteiger partial charge in [-0.05, 0) is 37.0 Å². The maximum atomic E-state index is 12.1. The number of hydrogen-bond donors (Lipinski definition) is 3. The molecule has 0 spiro atoms. The van der Waals surface area contributed by atoms with E-state index < -0.39 is 0 Å². The molecule has 2 atom stereocenters. The Kier molecular flexibility index (Phi) is 7.35. The van der Waals surface area contributed by atoms with Crippen molar-refractivity contribution in [3.05, 3.63) is 35.4 Å². The maximum Gasteiger partial charge on any atom is 0.251 e. The van der Waals surface area contributed by atoms with E-state index in [1.54, 1.807) is 19.2 Å². The van der Waals surface area contributed by atoms with Gasteiger partial charge < -0.3 is 16.4 Å². The lowest BCUT2D eigenvalue weighted by molar-refractivity contribution is -0.126. The molecule has 0 saturated heterocycles. The molecule has 0 bridgehead atoms. The van der Waals surface area contributed by atoms with Crippen LogP contribution in [0.15, 0.2) is 24.3 Å². The molecule has 6 heteroatoms. The molecule has 2 unspecified atom stereocenters. The van der Waals surface area contributed by atoms with Crippen molar-refractivity contribution >= 4 is 24.2 Å². The first-order valence-electron chi connectivity index (χ1n) is 7.44. The summed E-state index contributed by atoms with van der Waals surface area (Å²) in [4.78, 5) is 23.7. The third kappa shape index (κ3) is 5.00. The Hall–Kier alpha value is -1.59. The van der Waals surface area contributed by atoms with Crippen molar-refractivity contribution in [2.75, 3.05) is 7.05 Å². The molecule has 1 aliphatic carbocycles. The second-order valence-corrected chi connectivity index (χ2v) is 5.62. The van der Waals surface area contributed by atoms with Crippen LogP contribution in [0.4, 0.5) is 0 Å². The van der Waals surface area contributed by atoms with Crippen molar-refractivity contribution in [2.45, 2.75) is 38.3 Å². The minimum absolute atomic E-state index is 0. The summed E-state index contributed by atoms with van der Waals surface area (Å²) in [6.07, 6.45) is 3.71. The lowest BCUT2D eigenvalue weighted by atomic mass is 9.85. The molecule has 22 heavy (non-hydrogen) atoms. The van der Waals surface area contributed by atoms with Crippen LogP contribution in [0.1, 0.15) is 41.6 Å². The first kappa shape index (κ1) is 18.5. The van der Waals surface area contributed by atoms with Crippen LogP contribution in [0.2, 0.25) is 0 Å². The highest BCUT2D eigenvalue weighted by Crippen LogP contribution is 2.23. The molecule has 2 rings (SSSR count). The van der Waals surface area contributed by atoms with Gasteiger partial charge in [-0.1, -0.05) is 18.6 Å².